The lowest BCUT2D eigenvalue weighted by atomic mass is 10.4. The predicted octanol–water partition coefficient (Wildman–Crippen LogP) is -0.130. The average Bonchev–Trinajstić information content (AvgIpc) is 2.25. The van der Waals surface area contributed by atoms with Gasteiger partial charge in [-0.3, -0.25) is 4.90 Å². The molecule has 0 aliphatic rings. The first-order valence-electron chi connectivity index (χ1n) is 4.40. The first kappa shape index (κ1) is 19.0. The zero-order valence-corrected chi connectivity index (χ0v) is 8.86. The van der Waals surface area contributed by atoms with Crippen molar-refractivity contribution in [3.8, 4) is 0 Å². The van der Waals surface area contributed by atoms with E-state index in [1.54, 1.807) is 4.90 Å². The van der Waals surface area contributed by atoms with E-state index in [2.05, 4.69) is 26.3 Å². The molecule has 0 aromatic heterocycles. The highest BCUT2D eigenvalue weighted by Crippen LogP contribution is 1.84. The van der Waals surface area contributed by atoms with Crippen LogP contribution in [0.15, 0.2) is 26.3 Å². The number of hydrogen-bond acceptors (Lipinski definition) is 4. The van der Waals surface area contributed by atoms with Gasteiger partial charge in [-0.25, -0.2) is 0 Å². The van der Waals surface area contributed by atoms with Gasteiger partial charge in [-0.1, -0.05) is 0 Å². The maximum Gasteiger partial charge on any atom is 0.0558 e. The van der Waals surface area contributed by atoms with Crippen LogP contribution in [0.3, 0.4) is 0 Å². The van der Waals surface area contributed by atoms with Gasteiger partial charge >= 0.3 is 0 Å². The van der Waals surface area contributed by atoms with Crippen LogP contribution in [0.4, 0.5) is 0 Å². The van der Waals surface area contributed by atoms with Gasteiger partial charge in [0.1, 0.15) is 0 Å². The van der Waals surface area contributed by atoms with Gasteiger partial charge < -0.3 is 15.3 Å². The molecule has 3 N–H and O–H groups in total. The number of nitrogens with zero attached hydrogens (tertiary/aromatic N) is 1. The van der Waals surface area contributed by atoms with Crippen molar-refractivity contribution in [3.05, 3.63) is 26.3 Å². The summed E-state index contributed by atoms with van der Waals surface area (Å²) in [6, 6.07) is 0. The second-order valence-corrected chi connectivity index (χ2v) is 2.01. The molecule has 0 heterocycles. The van der Waals surface area contributed by atoms with E-state index >= 15 is 0 Å². The molecule has 0 unspecified atom stereocenters. The van der Waals surface area contributed by atoms with Gasteiger partial charge in [0.15, 0.2) is 0 Å². The summed E-state index contributed by atoms with van der Waals surface area (Å²) in [6.07, 6.45) is 0. The Kier molecular flexibility index (Phi) is 30.9. The van der Waals surface area contributed by atoms with E-state index in [1.807, 2.05) is 0 Å². The summed E-state index contributed by atoms with van der Waals surface area (Å²) in [4.78, 5) is 1.79. The summed E-state index contributed by atoms with van der Waals surface area (Å²) in [5.74, 6) is 0. The summed E-state index contributed by atoms with van der Waals surface area (Å²) < 4.78 is 0. The second kappa shape index (κ2) is 22.8. The molecule has 0 fully saturated rings. The highest BCUT2D eigenvalue weighted by atomic mass is 16.3. The maximum absolute atomic E-state index is 8.48. The molecule has 0 aliphatic heterocycles. The Morgan fingerprint density at radius 3 is 1.00 bits per heavy atom. The normalized spacial score (nSPS) is 8.29. The lowest BCUT2D eigenvalue weighted by molar-refractivity contribution is 0.136. The van der Waals surface area contributed by atoms with Crippen LogP contribution < -0.4 is 0 Å². The molecular formula is C10H23NO3. The van der Waals surface area contributed by atoms with Crippen molar-refractivity contribution in [2.75, 3.05) is 39.5 Å². The SMILES string of the molecule is C=C.C=C.OCCN(CCO)CCO. The third kappa shape index (κ3) is 17.4. The quantitative estimate of drug-likeness (QED) is 0.529. The monoisotopic (exact) mass is 205 g/mol. The van der Waals surface area contributed by atoms with Gasteiger partial charge in [-0.15, -0.1) is 26.3 Å². The van der Waals surface area contributed by atoms with Crippen molar-refractivity contribution in [2.24, 2.45) is 0 Å². The highest BCUT2D eigenvalue weighted by molar-refractivity contribution is 4.54. The van der Waals surface area contributed by atoms with Crippen molar-refractivity contribution in [1.82, 2.24) is 4.90 Å². The van der Waals surface area contributed by atoms with E-state index in [4.69, 9.17) is 15.3 Å². The average molecular weight is 205 g/mol. The van der Waals surface area contributed by atoms with E-state index in [0.29, 0.717) is 19.6 Å². The van der Waals surface area contributed by atoms with Crippen LogP contribution in [0.25, 0.3) is 0 Å². The largest absolute Gasteiger partial charge is 0.395 e. The number of aliphatic hydroxyl groups excluding tert-OH is 3. The van der Waals surface area contributed by atoms with E-state index in [-0.39, 0.29) is 19.8 Å². The number of rotatable bonds is 6. The minimum absolute atomic E-state index is 0.0694. The van der Waals surface area contributed by atoms with Gasteiger partial charge in [0.2, 0.25) is 0 Å². The van der Waals surface area contributed by atoms with Crippen LogP contribution >= 0.6 is 0 Å². The molecule has 0 radical (unpaired) electrons. The molecule has 0 bridgehead atoms. The van der Waals surface area contributed by atoms with Gasteiger partial charge in [0, 0.05) is 19.6 Å². The molecule has 4 nitrogen and oxygen atoms in total. The third-order valence-corrected chi connectivity index (χ3v) is 1.25. The molecule has 0 spiro atoms. The molecule has 14 heavy (non-hydrogen) atoms. The zero-order valence-electron chi connectivity index (χ0n) is 8.86. The Morgan fingerprint density at radius 2 is 0.857 bits per heavy atom. The second-order valence-electron chi connectivity index (χ2n) is 2.01. The number of aliphatic hydroxyl groups is 3. The highest BCUT2D eigenvalue weighted by Gasteiger charge is 2.00. The molecule has 4 heteroatoms. The maximum atomic E-state index is 8.48. The van der Waals surface area contributed by atoms with Crippen LogP contribution in [-0.4, -0.2) is 59.7 Å². The lowest BCUT2D eigenvalue weighted by Crippen LogP contribution is -2.32. The van der Waals surface area contributed by atoms with Crippen LogP contribution in [0.5, 0.6) is 0 Å². The zero-order chi connectivity index (χ0) is 11.8. The minimum atomic E-state index is 0.0694. The van der Waals surface area contributed by atoms with E-state index < -0.39 is 0 Å². The molecular weight excluding hydrogens is 182 g/mol. The van der Waals surface area contributed by atoms with E-state index in [9.17, 15) is 0 Å². The third-order valence-electron chi connectivity index (χ3n) is 1.25. The van der Waals surface area contributed by atoms with Crippen LogP contribution in [-0.2, 0) is 0 Å². The molecule has 0 saturated carbocycles. The van der Waals surface area contributed by atoms with Crippen LogP contribution in [0, 0.1) is 0 Å². The number of hydrogen-bond donors (Lipinski definition) is 3. The van der Waals surface area contributed by atoms with Crippen molar-refractivity contribution < 1.29 is 15.3 Å². The smallest absolute Gasteiger partial charge is 0.0558 e. The van der Waals surface area contributed by atoms with Crippen LogP contribution in [0.2, 0.25) is 0 Å². The molecule has 0 atom stereocenters. The fourth-order valence-electron chi connectivity index (χ4n) is 0.760. The van der Waals surface area contributed by atoms with Crippen LogP contribution in [0.1, 0.15) is 0 Å². The van der Waals surface area contributed by atoms with Gasteiger partial charge in [0.25, 0.3) is 0 Å². The Morgan fingerprint density at radius 1 is 0.643 bits per heavy atom. The summed E-state index contributed by atoms with van der Waals surface area (Å²) >= 11 is 0. The van der Waals surface area contributed by atoms with Gasteiger partial charge in [0.05, 0.1) is 19.8 Å². The van der Waals surface area contributed by atoms with E-state index in [1.165, 1.54) is 0 Å². The summed E-state index contributed by atoms with van der Waals surface area (Å²) in [6.45, 7) is 13.8. The first-order valence-corrected chi connectivity index (χ1v) is 4.40. The molecule has 0 aromatic carbocycles. The Bertz CT molecular complexity index is 75.2. The molecule has 0 saturated heterocycles. The summed E-state index contributed by atoms with van der Waals surface area (Å²) in [5, 5.41) is 25.5. The van der Waals surface area contributed by atoms with Gasteiger partial charge in [-0.2, -0.15) is 0 Å². The summed E-state index contributed by atoms with van der Waals surface area (Å²) in [5.41, 5.74) is 0. The molecule has 0 aliphatic carbocycles. The molecule has 0 aromatic rings. The van der Waals surface area contributed by atoms with Gasteiger partial charge in [-0.05, 0) is 0 Å². The fraction of sp³-hybridized carbons (Fsp3) is 0.600. The van der Waals surface area contributed by atoms with E-state index in [0.717, 1.165) is 0 Å². The van der Waals surface area contributed by atoms with Crippen molar-refractivity contribution in [1.29, 1.82) is 0 Å². The van der Waals surface area contributed by atoms with Crippen molar-refractivity contribution >= 4 is 0 Å². The Labute approximate surface area is 86.8 Å². The first-order chi connectivity index (χ1) is 6.85. The Balaban J connectivity index is -0.000000266. The summed E-state index contributed by atoms with van der Waals surface area (Å²) in [7, 11) is 0. The topological polar surface area (TPSA) is 63.9 Å². The molecule has 0 rings (SSSR count). The minimum Gasteiger partial charge on any atom is -0.395 e. The fourth-order valence-corrected chi connectivity index (χ4v) is 0.760. The standard InChI is InChI=1S/C6H15NO3.2C2H4/c8-4-1-7(2-5-9)3-6-10;2*1-2/h8-10H,1-6H2;2*1-2H2. The predicted molar refractivity (Wildman–Crippen MR) is 60.2 cm³/mol. The Hall–Kier alpha value is -0.680. The lowest BCUT2D eigenvalue weighted by Gasteiger charge is -2.17. The molecule has 86 valence electrons. The van der Waals surface area contributed by atoms with Crippen molar-refractivity contribution in [3.63, 3.8) is 0 Å². The van der Waals surface area contributed by atoms with Crippen molar-refractivity contribution in [2.45, 2.75) is 0 Å². The molecule has 0 amide bonds.